The van der Waals surface area contributed by atoms with Gasteiger partial charge in [0.15, 0.2) is 0 Å². The standard InChI is InChI=1S/C17H20O.C10H6O2/c1-13-12-17(18)14(2)11-16(13)10-6-9-15-7-4-3-5-8-15;11-9-6-5-7-3-1-2-4-8(7)10(9)12/h3-5,7-8,11-12,18H,6,9-10H2,1-2H3;1-6H. The van der Waals surface area contributed by atoms with Crippen molar-refractivity contribution in [3.63, 3.8) is 0 Å². The lowest BCUT2D eigenvalue weighted by Gasteiger charge is -2.09. The van der Waals surface area contributed by atoms with Crippen LogP contribution < -0.4 is 0 Å². The molecule has 0 aromatic heterocycles. The number of hydrogen-bond acceptors (Lipinski definition) is 3. The average Bonchev–Trinajstić information content (AvgIpc) is 2.76. The van der Waals surface area contributed by atoms with E-state index in [2.05, 4.69) is 43.3 Å². The number of phenols is 1. The summed E-state index contributed by atoms with van der Waals surface area (Å²) in [5.74, 6) is -0.443. The summed E-state index contributed by atoms with van der Waals surface area (Å²) in [5.41, 5.74) is 6.22. The highest BCUT2D eigenvalue weighted by Crippen LogP contribution is 2.22. The lowest BCUT2D eigenvalue weighted by atomic mass is 9.96. The molecule has 0 aliphatic heterocycles. The van der Waals surface area contributed by atoms with Crippen LogP contribution in [-0.2, 0) is 17.6 Å². The van der Waals surface area contributed by atoms with Gasteiger partial charge in [-0.3, -0.25) is 9.59 Å². The van der Waals surface area contributed by atoms with Gasteiger partial charge < -0.3 is 5.11 Å². The Bertz CT molecular complexity index is 1080. The number of phenolic OH excluding ortho intramolecular Hbond substituents is 1. The van der Waals surface area contributed by atoms with Crippen molar-refractivity contribution in [1.82, 2.24) is 0 Å². The first-order valence-corrected chi connectivity index (χ1v) is 10.1. The topological polar surface area (TPSA) is 54.4 Å². The van der Waals surface area contributed by atoms with Crippen LogP contribution in [0.15, 0.2) is 72.8 Å². The number of ketones is 2. The molecule has 0 spiro atoms. The van der Waals surface area contributed by atoms with Crippen molar-refractivity contribution in [3.8, 4) is 5.75 Å². The van der Waals surface area contributed by atoms with Gasteiger partial charge in [-0.15, -0.1) is 0 Å². The van der Waals surface area contributed by atoms with E-state index in [1.807, 2.05) is 25.1 Å². The van der Waals surface area contributed by atoms with E-state index in [0.29, 0.717) is 11.3 Å². The molecule has 0 radical (unpaired) electrons. The molecule has 1 N–H and O–H groups in total. The van der Waals surface area contributed by atoms with E-state index in [0.717, 1.165) is 30.4 Å². The smallest absolute Gasteiger partial charge is 0.233 e. The fourth-order valence-electron chi connectivity index (χ4n) is 3.48. The molecule has 3 nitrogen and oxygen atoms in total. The van der Waals surface area contributed by atoms with Crippen LogP contribution in [0, 0.1) is 13.8 Å². The second kappa shape index (κ2) is 9.84. The third kappa shape index (κ3) is 5.32. The Morgan fingerprint density at radius 2 is 1.47 bits per heavy atom. The fourth-order valence-corrected chi connectivity index (χ4v) is 3.48. The highest BCUT2D eigenvalue weighted by molar-refractivity contribution is 6.49. The molecule has 0 saturated carbocycles. The van der Waals surface area contributed by atoms with Crippen LogP contribution in [0.5, 0.6) is 5.75 Å². The second-order valence-electron chi connectivity index (χ2n) is 7.52. The van der Waals surface area contributed by atoms with Crippen LogP contribution >= 0.6 is 0 Å². The third-order valence-electron chi connectivity index (χ3n) is 5.25. The summed E-state index contributed by atoms with van der Waals surface area (Å²) in [7, 11) is 0. The second-order valence-corrected chi connectivity index (χ2v) is 7.52. The zero-order chi connectivity index (χ0) is 21.5. The SMILES string of the molecule is Cc1cc(CCCc2ccccc2)c(C)cc1O.O=C1C=Cc2ccccc2C1=O. The number of aromatic hydroxyl groups is 1. The van der Waals surface area contributed by atoms with Crippen LogP contribution in [0.25, 0.3) is 6.08 Å². The van der Waals surface area contributed by atoms with E-state index in [4.69, 9.17) is 0 Å². The van der Waals surface area contributed by atoms with E-state index in [-0.39, 0.29) is 0 Å². The van der Waals surface area contributed by atoms with E-state index in [9.17, 15) is 14.7 Å². The van der Waals surface area contributed by atoms with Gasteiger partial charge in [-0.25, -0.2) is 0 Å². The molecular weight excluding hydrogens is 372 g/mol. The van der Waals surface area contributed by atoms with Gasteiger partial charge in [0.2, 0.25) is 11.6 Å². The number of rotatable bonds is 4. The summed E-state index contributed by atoms with van der Waals surface area (Å²) >= 11 is 0. The van der Waals surface area contributed by atoms with E-state index in [1.165, 1.54) is 22.8 Å². The van der Waals surface area contributed by atoms with Gasteiger partial charge in [0, 0.05) is 5.56 Å². The maximum absolute atomic E-state index is 11.2. The number of benzene rings is 3. The number of fused-ring (bicyclic) bond motifs is 1. The van der Waals surface area contributed by atoms with Gasteiger partial charge in [0.1, 0.15) is 5.75 Å². The summed E-state index contributed by atoms with van der Waals surface area (Å²) in [5, 5.41) is 9.63. The molecule has 0 atom stereocenters. The Morgan fingerprint density at radius 3 is 2.23 bits per heavy atom. The Hall–Kier alpha value is -3.46. The average molecular weight is 399 g/mol. The van der Waals surface area contributed by atoms with Crippen molar-refractivity contribution >= 4 is 17.6 Å². The van der Waals surface area contributed by atoms with Gasteiger partial charge in [-0.1, -0.05) is 66.7 Å². The number of hydrogen-bond donors (Lipinski definition) is 1. The molecule has 30 heavy (non-hydrogen) atoms. The van der Waals surface area contributed by atoms with Crippen molar-refractivity contribution in [2.45, 2.75) is 33.1 Å². The Kier molecular flexibility index (Phi) is 6.97. The van der Waals surface area contributed by atoms with Crippen LogP contribution in [-0.4, -0.2) is 16.7 Å². The van der Waals surface area contributed by atoms with Crippen molar-refractivity contribution in [3.05, 3.63) is 106 Å². The van der Waals surface area contributed by atoms with Crippen LogP contribution in [0.4, 0.5) is 0 Å². The van der Waals surface area contributed by atoms with Gasteiger partial charge in [0.25, 0.3) is 0 Å². The van der Waals surface area contributed by atoms with Crippen molar-refractivity contribution < 1.29 is 14.7 Å². The molecule has 0 saturated heterocycles. The summed E-state index contributed by atoms with van der Waals surface area (Å²) in [6, 6.07) is 21.6. The summed E-state index contributed by atoms with van der Waals surface area (Å²) in [4.78, 5) is 22.1. The number of carbonyl (C=O) groups is 2. The lowest BCUT2D eigenvalue weighted by molar-refractivity contribution is -0.110. The summed E-state index contributed by atoms with van der Waals surface area (Å²) < 4.78 is 0. The Labute approximate surface area is 177 Å². The molecule has 1 aliphatic rings. The first kappa shape index (κ1) is 21.3. The molecule has 3 aromatic rings. The van der Waals surface area contributed by atoms with Crippen molar-refractivity contribution in [1.29, 1.82) is 0 Å². The van der Waals surface area contributed by atoms with Crippen molar-refractivity contribution in [2.24, 2.45) is 0 Å². The highest BCUT2D eigenvalue weighted by atomic mass is 16.3. The number of carbonyl (C=O) groups excluding carboxylic acids is 2. The first-order valence-electron chi connectivity index (χ1n) is 10.1. The van der Waals surface area contributed by atoms with Crippen LogP contribution in [0.3, 0.4) is 0 Å². The minimum atomic E-state index is -0.436. The molecule has 3 heteroatoms. The zero-order valence-corrected chi connectivity index (χ0v) is 17.4. The zero-order valence-electron chi connectivity index (χ0n) is 17.4. The number of aryl methyl sites for hydroxylation is 4. The summed E-state index contributed by atoms with van der Waals surface area (Å²) in [6.45, 7) is 4.02. The monoisotopic (exact) mass is 398 g/mol. The van der Waals surface area contributed by atoms with Gasteiger partial charge in [0.05, 0.1) is 0 Å². The maximum Gasteiger partial charge on any atom is 0.233 e. The van der Waals surface area contributed by atoms with Gasteiger partial charge in [-0.05, 0) is 73.1 Å². The molecule has 0 heterocycles. The lowest BCUT2D eigenvalue weighted by Crippen LogP contribution is -2.15. The predicted molar refractivity (Wildman–Crippen MR) is 121 cm³/mol. The number of Topliss-reactive ketones (excluding diaryl/α,β-unsaturated/α-hetero) is 1. The normalized spacial score (nSPS) is 12.2. The molecule has 4 rings (SSSR count). The molecule has 1 aliphatic carbocycles. The predicted octanol–water partition coefficient (Wildman–Crippen LogP) is 5.65. The molecule has 0 fully saturated rings. The molecular formula is C27H26O3. The van der Waals surface area contributed by atoms with Gasteiger partial charge >= 0.3 is 0 Å². The molecule has 0 unspecified atom stereocenters. The molecule has 0 amide bonds. The minimum Gasteiger partial charge on any atom is -0.508 e. The Morgan fingerprint density at radius 1 is 0.767 bits per heavy atom. The third-order valence-corrected chi connectivity index (χ3v) is 5.25. The number of allylic oxidation sites excluding steroid dienone is 1. The highest BCUT2D eigenvalue weighted by Gasteiger charge is 2.19. The minimum absolute atomic E-state index is 0.402. The van der Waals surface area contributed by atoms with Gasteiger partial charge in [-0.2, -0.15) is 0 Å². The molecule has 0 bridgehead atoms. The quantitative estimate of drug-likeness (QED) is 0.578. The molecule has 3 aromatic carbocycles. The van der Waals surface area contributed by atoms with E-state index >= 15 is 0 Å². The van der Waals surface area contributed by atoms with E-state index in [1.54, 1.807) is 18.2 Å². The maximum atomic E-state index is 11.2. The van der Waals surface area contributed by atoms with Crippen LogP contribution in [0.2, 0.25) is 0 Å². The van der Waals surface area contributed by atoms with Crippen LogP contribution in [0.1, 0.15) is 44.6 Å². The van der Waals surface area contributed by atoms with Crippen molar-refractivity contribution in [2.75, 3.05) is 0 Å². The fraction of sp³-hybridized carbons (Fsp3) is 0.185. The van der Waals surface area contributed by atoms with E-state index < -0.39 is 11.6 Å². The largest absolute Gasteiger partial charge is 0.508 e. The molecule has 152 valence electrons. The Balaban J connectivity index is 0.000000184. The first-order chi connectivity index (χ1) is 14.5. The summed E-state index contributed by atoms with van der Waals surface area (Å²) in [6.07, 6.45) is 6.31.